The molecule has 0 radical (unpaired) electrons. The van der Waals surface area contributed by atoms with Gasteiger partial charge in [-0.05, 0) is 83.5 Å². The Morgan fingerprint density at radius 2 is 0.655 bits per heavy atom. The minimum absolute atomic E-state index is 0.137. The van der Waals surface area contributed by atoms with E-state index in [1.807, 2.05) is 21.1 Å². The molecule has 0 saturated carbocycles. The Balaban J connectivity index is 4.18. The zero-order valence-corrected chi connectivity index (χ0v) is 57.1. The van der Waals surface area contributed by atoms with Gasteiger partial charge in [0.15, 0.2) is 12.4 Å². The molecule has 2 unspecified atom stereocenters. The van der Waals surface area contributed by atoms with E-state index < -0.39 is 24.3 Å². The number of carboxylic acid groups (broad SMARTS) is 1. The molecular weight excluding hydrogens is 1080 g/mol. The monoisotopic (exact) mass is 1210 g/mol. The summed E-state index contributed by atoms with van der Waals surface area (Å²) in [6.45, 7) is 4.62. The van der Waals surface area contributed by atoms with Crippen molar-refractivity contribution in [1.82, 2.24) is 0 Å². The third kappa shape index (κ3) is 69.3. The van der Waals surface area contributed by atoms with Crippen LogP contribution in [0.5, 0.6) is 0 Å². The molecule has 0 saturated heterocycles. The summed E-state index contributed by atoms with van der Waals surface area (Å²) in [7, 11) is 5.92. The number of rotatable bonds is 66. The number of hydrogen-bond donors (Lipinski definition) is 0. The first-order valence-corrected chi connectivity index (χ1v) is 36.0. The van der Waals surface area contributed by atoms with Gasteiger partial charge < -0.3 is 33.3 Å². The predicted octanol–water partition coefficient (Wildman–Crippen LogP) is 21.2. The smallest absolute Gasteiger partial charge is 0.306 e. The standard InChI is InChI=1S/C78H135NO8/c1-6-8-10-12-14-16-18-20-22-24-26-28-30-32-34-36-38-40-42-44-46-48-50-52-54-56-58-60-62-64-66-68-75(80)85-72-74(73-86-78(77(82)83)84-71-70-79(3,4)5)87-76(81)69-67-65-63-61-59-57-55-53-51-49-47-45-43-41-39-37-35-33-31-29-27-25-23-21-19-17-15-13-11-9-7-2/h9,11,15,17,21,23,27,29,33,35,39,41,45,47,51,53,57,59,74,78H,6-8,10,12-14,16,18-20,22,24-26,28,30-32,34,36-38,40,42-44,46,48-50,52,54-56,58,60-73H2,1-5H3/b11-9-,17-15-,23-21-,29-27-,35-33-,41-39-,47-45-,53-51-,59-57-. The SMILES string of the molecule is CC/C=C\C/C=C\C/C=C\C/C=C\C/C=C\C/C=C\C/C=C\C/C=C\C/C=C\CCCCCC(=O)OC(COC(=O)CCCCCCCCCCCCCCCCCCCCCCCCCCCCCCCCC)COC(OCC[N+](C)(C)C)C(=O)[O-]. The molecule has 0 heterocycles. The Labute approximate surface area is 536 Å². The Morgan fingerprint density at radius 3 is 0.977 bits per heavy atom. The van der Waals surface area contributed by atoms with Crippen molar-refractivity contribution < 1.29 is 42.9 Å². The van der Waals surface area contributed by atoms with Crippen molar-refractivity contribution in [2.75, 3.05) is 47.5 Å². The molecule has 500 valence electrons. The van der Waals surface area contributed by atoms with Crippen LogP contribution in [0.4, 0.5) is 0 Å². The van der Waals surface area contributed by atoms with Crippen molar-refractivity contribution in [3.05, 3.63) is 109 Å². The van der Waals surface area contributed by atoms with Crippen LogP contribution < -0.4 is 5.11 Å². The molecule has 2 atom stereocenters. The fourth-order valence-electron chi connectivity index (χ4n) is 10.1. The molecule has 0 aliphatic carbocycles. The van der Waals surface area contributed by atoms with Gasteiger partial charge in [-0.3, -0.25) is 9.59 Å². The summed E-state index contributed by atoms with van der Waals surface area (Å²) in [5.41, 5.74) is 0. The van der Waals surface area contributed by atoms with Crippen molar-refractivity contribution in [2.24, 2.45) is 0 Å². The van der Waals surface area contributed by atoms with E-state index in [1.54, 1.807) is 0 Å². The zero-order valence-electron chi connectivity index (χ0n) is 57.1. The number of nitrogens with zero attached hydrogens (tertiary/aromatic N) is 1. The van der Waals surface area contributed by atoms with E-state index in [2.05, 4.69) is 123 Å². The second kappa shape index (κ2) is 67.9. The molecule has 87 heavy (non-hydrogen) atoms. The van der Waals surface area contributed by atoms with E-state index in [-0.39, 0.29) is 38.6 Å². The highest BCUT2D eigenvalue weighted by Crippen LogP contribution is 2.18. The van der Waals surface area contributed by atoms with Gasteiger partial charge in [0.1, 0.15) is 13.2 Å². The Bertz CT molecular complexity index is 1800. The van der Waals surface area contributed by atoms with E-state index in [0.29, 0.717) is 17.4 Å². The number of carboxylic acids is 1. The third-order valence-corrected chi connectivity index (χ3v) is 15.5. The van der Waals surface area contributed by atoms with Crippen molar-refractivity contribution in [3.63, 3.8) is 0 Å². The number of unbranched alkanes of at least 4 members (excludes halogenated alkanes) is 33. The predicted molar refractivity (Wildman–Crippen MR) is 370 cm³/mol. The maximum Gasteiger partial charge on any atom is 0.306 e. The summed E-state index contributed by atoms with van der Waals surface area (Å²) in [6.07, 6.45) is 91.9. The van der Waals surface area contributed by atoms with Crippen LogP contribution in [-0.2, 0) is 33.3 Å². The number of hydrogen-bond acceptors (Lipinski definition) is 8. The molecule has 0 bridgehead atoms. The molecule has 0 aromatic rings. The summed E-state index contributed by atoms with van der Waals surface area (Å²) < 4.78 is 22.8. The second-order valence-electron chi connectivity index (χ2n) is 25.2. The first-order valence-electron chi connectivity index (χ1n) is 36.0. The number of carbonyl (C=O) groups is 3. The lowest BCUT2D eigenvalue weighted by Crippen LogP contribution is -2.44. The van der Waals surface area contributed by atoms with Gasteiger partial charge in [0.25, 0.3) is 0 Å². The molecule has 0 aliphatic heterocycles. The molecule has 0 fully saturated rings. The normalized spacial score (nSPS) is 13.3. The maximum absolute atomic E-state index is 12.9. The van der Waals surface area contributed by atoms with Crippen LogP contribution in [0.3, 0.4) is 0 Å². The molecule has 9 heteroatoms. The number of aliphatic carboxylic acids is 1. The summed E-state index contributed by atoms with van der Waals surface area (Å²) in [5.74, 6) is -2.32. The lowest BCUT2D eigenvalue weighted by molar-refractivity contribution is -0.870. The minimum Gasteiger partial charge on any atom is -0.545 e. The summed E-state index contributed by atoms with van der Waals surface area (Å²) >= 11 is 0. The summed E-state index contributed by atoms with van der Waals surface area (Å²) in [4.78, 5) is 37.5. The van der Waals surface area contributed by atoms with Gasteiger partial charge in [-0.15, -0.1) is 0 Å². The molecule has 9 nitrogen and oxygen atoms in total. The topological polar surface area (TPSA) is 111 Å². The van der Waals surface area contributed by atoms with Gasteiger partial charge in [-0.2, -0.15) is 0 Å². The molecule has 0 N–H and O–H groups in total. The van der Waals surface area contributed by atoms with Crippen LogP contribution in [0, 0.1) is 0 Å². The molecular formula is C78H135NO8. The van der Waals surface area contributed by atoms with E-state index >= 15 is 0 Å². The summed E-state index contributed by atoms with van der Waals surface area (Å²) in [5, 5.41) is 11.8. The van der Waals surface area contributed by atoms with E-state index in [0.717, 1.165) is 96.3 Å². The van der Waals surface area contributed by atoms with Crippen molar-refractivity contribution in [3.8, 4) is 0 Å². The van der Waals surface area contributed by atoms with Crippen molar-refractivity contribution in [2.45, 2.75) is 322 Å². The van der Waals surface area contributed by atoms with Crippen LogP contribution in [0.1, 0.15) is 309 Å². The summed E-state index contributed by atoms with van der Waals surface area (Å²) in [6, 6.07) is 0. The number of quaternary nitrogens is 1. The van der Waals surface area contributed by atoms with Crippen LogP contribution in [0.25, 0.3) is 0 Å². The van der Waals surface area contributed by atoms with E-state index in [9.17, 15) is 19.5 Å². The molecule has 0 rings (SSSR count). The van der Waals surface area contributed by atoms with Crippen LogP contribution in [-0.4, -0.2) is 82.3 Å². The second-order valence-corrected chi connectivity index (χ2v) is 25.2. The minimum atomic E-state index is -1.64. The Kier molecular flexibility index (Phi) is 64.7. The van der Waals surface area contributed by atoms with E-state index in [1.165, 1.54) is 180 Å². The van der Waals surface area contributed by atoms with Crippen molar-refractivity contribution in [1.29, 1.82) is 0 Å². The number of allylic oxidation sites excluding steroid dienone is 18. The highest BCUT2D eigenvalue weighted by atomic mass is 16.7. The average Bonchev–Trinajstić information content (AvgIpc) is 3.56. The largest absolute Gasteiger partial charge is 0.545 e. The quantitative estimate of drug-likeness (QED) is 0.0195. The zero-order chi connectivity index (χ0) is 63.3. The first kappa shape index (κ1) is 83.0. The van der Waals surface area contributed by atoms with Crippen molar-refractivity contribution >= 4 is 17.9 Å². The van der Waals surface area contributed by atoms with Gasteiger partial charge in [0.2, 0.25) is 0 Å². The lowest BCUT2D eigenvalue weighted by Gasteiger charge is -2.26. The number of carbonyl (C=O) groups excluding carboxylic acids is 3. The third-order valence-electron chi connectivity index (χ3n) is 15.5. The Hall–Kier alpha value is -4.05. The molecule has 0 aromatic carbocycles. The maximum atomic E-state index is 12.9. The molecule has 0 spiro atoms. The van der Waals surface area contributed by atoms with Gasteiger partial charge in [-0.1, -0.05) is 322 Å². The fraction of sp³-hybridized carbons (Fsp3) is 0.731. The average molecular weight is 1210 g/mol. The number of ether oxygens (including phenoxy) is 4. The van der Waals surface area contributed by atoms with Crippen LogP contribution >= 0.6 is 0 Å². The van der Waals surface area contributed by atoms with Gasteiger partial charge in [0.05, 0.1) is 40.3 Å². The van der Waals surface area contributed by atoms with Gasteiger partial charge >= 0.3 is 11.9 Å². The van der Waals surface area contributed by atoms with Gasteiger partial charge in [0, 0.05) is 12.8 Å². The Morgan fingerprint density at radius 1 is 0.356 bits per heavy atom. The van der Waals surface area contributed by atoms with Crippen LogP contribution in [0.2, 0.25) is 0 Å². The molecule has 0 amide bonds. The molecule has 0 aromatic heterocycles. The molecule has 0 aliphatic rings. The number of likely N-dealkylation sites (N-methyl/N-ethyl adjacent to an activating group) is 1. The first-order chi connectivity index (χ1) is 42.6. The number of esters is 2. The fourth-order valence-corrected chi connectivity index (χ4v) is 10.1. The van der Waals surface area contributed by atoms with Crippen LogP contribution in [0.15, 0.2) is 109 Å². The highest BCUT2D eigenvalue weighted by Gasteiger charge is 2.22. The lowest BCUT2D eigenvalue weighted by atomic mass is 10.0. The van der Waals surface area contributed by atoms with E-state index in [4.69, 9.17) is 18.9 Å². The highest BCUT2D eigenvalue weighted by molar-refractivity contribution is 5.70. The van der Waals surface area contributed by atoms with Gasteiger partial charge in [-0.25, -0.2) is 0 Å².